The van der Waals surface area contributed by atoms with E-state index in [4.69, 9.17) is 0 Å². The van der Waals surface area contributed by atoms with E-state index in [1.54, 1.807) is 6.20 Å². The maximum Gasteiger partial charge on any atom is 0.151 e. The molecule has 0 fully saturated rings. The third kappa shape index (κ3) is 1.29. The molecule has 0 aliphatic carbocycles. The SMILES string of the molecule is c1cnc2c(c1)N(c1cc3ccccc3[nH]1)CN2. The molecule has 0 bridgehead atoms. The Bertz CT molecular complexity index is 683. The number of nitrogens with zero attached hydrogens (tertiary/aromatic N) is 2. The average Bonchev–Trinajstić information content (AvgIpc) is 3.02. The minimum atomic E-state index is 0.749. The standard InChI is InChI=1S/C14H12N4/c1-2-5-11-10(4-1)8-13(17-11)18-9-16-14-12(18)6-3-7-15-14/h1-8,17H,9H2,(H,15,16). The van der Waals surface area contributed by atoms with Crippen LogP contribution in [0.1, 0.15) is 0 Å². The smallest absolute Gasteiger partial charge is 0.151 e. The van der Waals surface area contributed by atoms with Crippen LogP contribution in [0.4, 0.5) is 17.3 Å². The van der Waals surface area contributed by atoms with Gasteiger partial charge in [0.2, 0.25) is 0 Å². The average molecular weight is 236 g/mol. The zero-order valence-corrected chi connectivity index (χ0v) is 9.72. The van der Waals surface area contributed by atoms with Crippen molar-refractivity contribution >= 4 is 28.2 Å². The molecule has 0 radical (unpaired) electrons. The Morgan fingerprint density at radius 3 is 3.00 bits per heavy atom. The summed E-state index contributed by atoms with van der Waals surface area (Å²) in [5.74, 6) is 2.03. The molecule has 0 saturated heterocycles. The van der Waals surface area contributed by atoms with Crippen LogP contribution in [0, 0.1) is 0 Å². The normalized spacial score (nSPS) is 13.7. The predicted molar refractivity (Wildman–Crippen MR) is 73.2 cm³/mol. The summed E-state index contributed by atoms with van der Waals surface area (Å²) in [6, 6.07) is 14.5. The maximum atomic E-state index is 4.32. The Morgan fingerprint density at radius 1 is 1.11 bits per heavy atom. The van der Waals surface area contributed by atoms with E-state index < -0.39 is 0 Å². The molecule has 4 nitrogen and oxygen atoms in total. The fourth-order valence-corrected chi connectivity index (χ4v) is 2.41. The van der Waals surface area contributed by atoms with Crippen LogP contribution in [0.5, 0.6) is 0 Å². The second kappa shape index (κ2) is 3.50. The van der Waals surface area contributed by atoms with Gasteiger partial charge in [-0.2, -0.15) is 0 Å². The number of aromatic nitrogens is 2. The Hall–Kier alpha value is -2.49. The maximum absolute atomic E-state index is 4.32. The van der Waals surface area contributed by atoms with Crippen LogP contribution < -0.4 is 10.2 Å². The van der Waals surface area contributed by atoms with Crippen molar-refractivity contribution in [1.29, 1.82) is 0 Å². The summed E-state index contributed by atoms with van der Waals surface area (Å²) < 4.78 is 0. The lowest BCUT2D eigenvalue weighted by atomic mass is 10.2. The largest absolute Gasteiger partial charge is 0.351 e. The summed E-state index contributed by atoms with van der Waals surface area (Å²) in [7, 11) is 0. The first-order valence-electron chi connectivity index (χ1n) is 5.96. The molecular formula is C14H12N4. The highest BCUT2D eigenvalue weighted by Gasteiger charge is 2.21. The lowest BCUT2D eigenvalue weighted by molar-refractivity contribution is 1.07. The third-order valence-electron chi connectivity index (χ3n) is 3.29. The second-order valence-corrected chi connectivity index (χ2v) is 4.38. The quantitative estimate of drug-likeness (QED) is 0.682. The molecule has 2 N–H and O–H groups in total. The van der Waals surface area contributed by atoms with Crippen LogP contribution in [-0.4, -0.2) is 16.6 Å². The van der Waals surface area contributed by atoms with E-state index in [0.717, 1.165) is 29.5 Å². The topological polar surface area (TPSA) is 44.0 Å². The van der Waals surface area contributed by atoms with Crippen molar-refractivity contribution in [1.82, 2.24) is 9.97 Å². The van der Waals surface area contributed by atoms with Gasteiger partial charge in [-0.25, -0.2) is 4.98 Å². The van der Waals surface area contributed by atoms with Crippen LogP contribution in [-0.2, 0) is 0 Å². The summed E-state index contributed by atoms with van der Waals surface area (Å²) in [4.78, 5) is 9.96. The van der Waals surface area contributed by atoms with Gasteiger partial charge in [-0.3, -0.25) is 0 Å². The first-order valence-corrected chi connectivity index (χ1v) is 5.96. The molecule has 0 spiro atoms. The minimum Gasteiger partial charge on any atom is -0.351 e. The highest BCUT2D eigenvalue weighted by Crippen LogP contribution is 2.35. The van der Waals surface area contributed by atoms with Gasteiger partial charge >= 0.3 is 0 Å². The molecule has 0 atom stereocenters. The van der Waals surface area contributed by atoms with E-state index in [2.05, 4.69) is 50.5 Å². The molecule has 1 aliphatic rings. The molecule has 0 saturated carbocycles. The first-order chi connectivity index (χ1) is 8.92. The van der Waals surface area contributed by atoms with Crippen molar-refractivity contribution in [2.45, 2.75) is 0 Å². The number of rotatable bonds is 1. The zero-order valence-electron chi connectivity index (χ0n) is 9.72. The van der Waals surface area contributed by atoms with Gasteiger partial charge in [0.15, 0.2) is 5.82 Å². The van der Waals surface area contributed by atoms with Crippen molar-refractivity contribution < 1.29 is 0 Å². The first kappa shape index (κ1) is 9.53. The molecule has 3 heterocycles. The van der Waals surface area contributed by atoms with Gasteiger partial charge in [0.25, 0.3) is 0 Å². The van der Waals surface area contributed by atoms with Gasteiger partial charge in [0, 0.05) is 17.1 Å². The van der Waals surface area contributed by atoms with Crippen molar-refractivity contribution in [2.24, 2.45) is 0 Å². The van der Waals surface area contributed by atoms with E-state index in [0.29, 0.717) is 0 Å². The molecule has 0 amide bonds. The third-order valence-corrected chi connectivity index (χ3v) is 3.29. The van der Waals surface area contributed by atoms with Crippen LogP contribution in [0.15, 0.2) is 48.7 Å². The lowest BCUT2D eigenvalue weighted by Crippen LogP contribution is -2.16. The highest BCUT2D eigenvalue weighted by molar-refractivity contribution is 5.87. The zero-order chi connectivity index (χ0) is 11.9. The molecular weight excluding hydrogens is 224 g/mol. The van der Waals surface area contributed by atoms with Gasteiger partial charge in [-0.1, -0.05) is 18.2 Å². The summed E-state index contributed by atoms with van der Waals surface area (Å²) in [6.45, 7) is 0.749. The van der Waals surface area contributed by atoms with Crippen molar-refractivity contribution in [3.05, 3.63) is 48.7 Å². The van der Waals surface area contributed by atoms with E-state index in [1.165, 1.54) is 5.39 Å². The van der Waals surface area contributed by atoms with Crippen LogP contribution in [0.2, 0.25) is 0 Å². The summed E-state index contributed by atoms with van der Waals surface area (Å²) >= 11 is 0. The monoisotopic (exact) mass is 236 g/mol. The number of hydrogen-bond acceptors (Lipinski definition) is 3. The predicted octanol–water partition coefficient (Wildman–Crippen LogP) is 3.08. The molecule has 88 valence electrons. The summed E-state index contributed by atoms with van der Waals surface area (Å²) in [6.07, 6.45) is 1.81. The number of aromatic amines is 1. The number of nitrogens with one attached hydrogen (secondary N) is 2. The van der Waals surface area contributed by atoms with Crippen LogP contribution in [0.3, 0.4) is 0 Å². The van der Waals surface area contributed by atoms with Gasteiger partial charge in [0.1, 0.15) is 5.82 Å². The van der Waals surface area contributed by atoms with Crippen molar-refractivity contribution in [3.8, 4) is 0 Å². The summed E-state index contributed by atoms with van der Waals surface area (Å²) in [5.41, 5.74) is 2.27. The molecule has 18 heavy (non-hydrogen) atoms. The van der Waals surface area contributed by atoms with Crippen LogP contribution in [0.25, 0.3) is 10.9 Å². The fraction of sp³-hybridized carbons (Fsp3) is 0.0714. The van der Waals surface area contributed by atoms with E-state index in [-0.39, 0.29) is 0 Å². The van der Waals surface area contributed by atoms with Gasteiger partial charge in [0.05, 0.1) is 12.4 Å². The van der Waals surface area contributed by atoms with E-state index in [1.807, 2.05) is 12.1 Å². The minimum absolute atomic E-state index is 0.749. The van der Waals surface area contributed by atoms with Gasteiger partial charge in [-0.05, 0) is 24.3 Å². The number of fused-ring (bicyclic) bond motifs is 2. The molecule has 4 heteroatoms. The van der Waals surface area contributed by atoms with Crippen molar-refractivity contribution in [2.75, 3.05) is 16.9 Å². The number of hydrogen-bond donors (Lipinski definition) is 2. The lowest BCUT2D eigenvalue weighted by Gasteiger charge is -2.14. The van der Waals surface area contributed by atoms with E-state index >= 15 is 0 Å². The molecule has 1 aliphatic heterocycles. The van der Waals surface area contributed by atoms with E-state index in [9.17, 15) is 0 Å². The second-order valence-electron chi connectivity index (χ2n) is 4.38. The number of para-hydroxylation sites is 1. The number of H-pyrrole nitrogens is 1. The number of anilines is 3. The molecule has 4 rings (SSSR count). The highest BCUT2D eigenvalue weighted by atomic mass is 15.3. The van der Waals surface area contributed by atoms with Gasteiger partial charge < -0.3 is 15.2 Å². The van der Waals surface area contributed by atoms with Crippen LogP contribution >= 0.6 is 0 Å². The Labute approximate surface area is 104 Å². The number of pyridine rings is 1. The Morgan fingerprint density at radius 2 is 2.06 bits per heavy atom. The summed E-state index contributed by atoms with van der Waals surface area (Å²) in [5, 5.41) is 4.51. The Kier molecular flexibility index (Phi) is 1.85. The number of benzene rings is 1. The van der Waals surface area contributed by atoms with Crippen molar-refractivity contribution in [3.63, 3.8) is 0 Å². The molecule has 0 unspecified atom stereocenters. The Balaban J connectivity index is 1.85. The fourth-order valence-electron chi connectivity index (χ4n) is 2.41. The molecule has 2 aromatic heterocycles. The molecule has 3 aromatic rings. The van der Waals surface area contributed by atoms with Gasteiger partial charge in [-0.15, -0.1) is 0 Å². The molecule has 1 aromatic carbocycles.